The Kier molecular flexibility index (Phi) is 8.02. The van der Waals surface area contributed by atoms with Crippen LogP contribution in [0.1, 0.15) is 16.3 Å². The van der Waals surface area contributed by atoms with Gasteiger partial charge in [0, 0.05) is 47.6 Å². The Morgan fingerprint density at radius 3 is 2.70 bits per heavy atom. The number of morpholine rings is 1. The molecular weight excluding hydrogens is 458 g/mol. The third-order valence-corrected chi connectivity index (χ3v) is 7.18. The second kappa shape index (κ2) is 11.1. The number of ether oxygens (including phenoxy) is 3. The lowest BCUT2D eigenvalue weighted by atomic mass is 10.2. The van der Waals surface area contributed by atoms with Gasteiger partial charge in [-0.25, -0.2) is 15.0 Å². The molecule has 0 spiro atoms. The van der Waals surface area contributed by atoms with Gasteiger partial charge >= 0.3 is 0 Å². The molecule has 0 aliphatic carbocycles. The van der Waals surface area contributed by atoms with Gasteiger partial charge in [-0.05, 0) is 32.0 Å². The van der Waals surface area contributed by atoms with Crippen molar-refractivity contribution < 1.29 is 14.2 Å². The molecule has 4 rings (SSSR count). The van der Waals surface area contributed by atoms with Crippen LogP contribution in [0.4, 0.5) is 5.82 Å². The van der Waals surface area contributed by atoms with Crippen LogP contribution < -0.4 is 15.2 Å². The van der Waals surface area contributed by atoms with Gasteiger partial charge in [0.25, 0.3) is 0 Å². The molecule has 176 valence electrons. The molecule has 3 aromatic rings. The number of rotatable bonds is 9. The number of nitrogens with zero attached hydrogens (tertiary/aromatic N) is 4. The Balaban J connectivity index is 1.44. The summed E-state index contributed by atoms with van der Waals surface area (Å²) >= 11 is 3.21. The van der Waals surface area contributed by atoms with Crippen LogP contribution in [0.5, 0.6) is 11.5 Å². The lowest BCUT2D eigenvalue weighted by molar-refractivity contribution is 0.0321. The summed E-state index contributed by atoms with van der Waals surface area (Å²) in [5.74, 6) is 2.62. The van der Waals surface area contributed by atoms with E-state index in [9.17, 15) is 0 Å². The number of anilines is 1. The van der Waals surface area contributed by atoms with E-state index in [1.807, 2.05) is 25.1 Å². The van der Waals surface area contributed by atoms with Crippen LogP contribution in [0.3, 0.4) is 0 Å². The fourth-order valence-corrected chi connectivity index (χ4v) is 5.42. The van der Waals surface area contributed by atoms with Crippen LogP contribution in [0.25, 0.3) is 10.6 Å². The van der Waals surface area contributed by atoms with Gasteiger partial charge < -0.3 is 19.9 Å². The van der Waals surface area contributed by atoms with Crippen molar-refractivity contribution >= 4 is 28.9 Å². The minimum atomic E-state index is 0.486. The molecule has 0 radical (unpaired) electrons. The first-order chi connectivity index (χ1) is 16.0. The molecule has 0 saturated carbocycles. The van der Waals surface area contributed by atoms with Crippen molar-refractivity contribution in [1.82, 2.24) is 19.9 Å². The number of nitrogen functional groups attached to an aromatic ring is 1. The summed E-state index contributed by atoms with van der Waals surface area (Å²) in [5, 5.41) is 1.62. The number of benzene rings is 1. The largest absolute Gasteiger partial charge is 0.493 e. The van der Waals surface area contributed by atoms with E-state index in [2.05, 4.69) is 21.8 Å². The number of nitrogens with two attached hydrogens (primary N) is 1. The zero-order valence-corrected chi connectivity index (χ0v) is 20.8. The molecule has 3 heterocycles. The van der Waals surface area contributed by atoms with Gasteiger partial charge in [0.2, 0.25) is 0 Å². The molecule has 8 nitrogen and oxygen atoms in total. The van der Waals surface area contributed by atoms with Gasteiger partial charge in [-0.1, -0.05) is 11.8 Å². The van der Waals surface area contributed by atoms with Crippen molar-refractivity contribution in [3.63, 3.8) is 0 Å². The maximum absolute atomic E-state index is 6.09. The average Bonchev–Trinajstić information content (AvgIpc) is 3.18. The van der Waals surface area contributed by atoms with Gasteiger partial charge in [0.05, 0.1) is 26.0 Å². The maximum atomic E-state index is 6.09. The van der Waals surface area contributed by atoms with Crippen LogP contribution in [-0.2, 0) is 10.5 Å². The van der Waals surface area contributed by atoms with Crippen molar-refractivity contribution in [2.45, 2.75) is 24.8 Å². The molecule has 0 unspecified atom stereocenters. The summed E-state index contributed by atoms with van der Waals surface area (Å²) in [4.78, 5) is 17.1. The number of hydrogen-bond acceptors (Lipinski definition) is 10. The number of aryl methyl sites for hydroxylation is 2. The molecule has 1 aliphatic rings. The van der Waals surface area contributed by atoms with Crippen LogP contribution in [-0.4, -0.2) is 66.4 Å². The number of thiazole rings is 1. The molecule has 1 aromatic carbocycles. The van der Waals surface area contributed by atoms with Crippen LogP contribution in [0.2, 0.25) is 0 Å². The molecule has 0 amide bonds. The Hall–Kier alpha value is -2.40. The van der Waals surface area contributed by atoms with E-state index in [-0.39, 0.29) is 0 Å². The molecule has 2 N–H and O–H groups in total. The first-order valence-electron chi connectivity index (χ1n) is 10.8. The summed E-state index contributed by atoms with van der Waals surface area (Å²) < 4.78 is 17.0. The predicted molar refractivity (Wildman–Crippen MR) is 132 cm³/mol. The fourth-order valence-electron chi connectivity index (χ4n) is 3.48. The lowest BCUT2D eigenvalue weighted by Crippen LogP contribution is -2.38. The van der Waals surface area contributed by atoms with Crippen molar-refractivity contribution in [3.8, 4) is 22.1 Å². The molecule has 10 heteroatoms. The molecule has 1 fully saturated rings. The predicted octanol–water partition coefficient (Wildman–Crippen LogP) is 3.81. The van der Waals surface area contributed by atoms with Crippen LogP contribution >= 0.6 is 23.1 Å². The Morgan fingerprint density at radius 1 is 1.12 bits per heavy atom. The van der Waals surface area contributed by atoms with Crippen LogP contribution in [0, 0.1) is 13.8 Å². The third kappa shape index (κ3) is 6.35. The SMILES string of the molecule is COc1ccc(-c2nc(CSc3nc(C)cc(N)n3)c(C)s2)cc1OCCN1CCOCC1. The maximum Gasteiger partial charge on any atom is 0.190 e. The van der Waals surface area contributed by atoms with Gasteiger partial charge in [-0.3, -0.25) is 4.90 Å². The molecule has 0 atom stereocenters. The molecule has 0 bridgehead atoms. The summed E-state index contributed by atoms with van der Waals surface area (Å²) in [7, 11) is 1.66. The summed E-state index contributed by atoms with van der Waals surface area (Å²) in [6, 6.07) is 7.74. The van der Waals surface area contributed by atoms with E-state index < -0.39 is 0 Å². The smallest absolute Gasteiger partial charge is 0.190 e. The Morgan fingerprint density at radius 2 is 1.94 bits per heavy atom. The summed E-state index contributed by atoms with van der Waals surface area (Å²) in [5.41, 5.74) is 8.74. The van der Waals surface area contributed by atoms with Gasteiger partial charge in [-0.15, -0.1) is 11.3 Å². The van der Waals surface area contributed by atoms with E-state index in [0.29, 0.717) is 23.3 Å². The minimum Gasteiger partial charge on any atom is -0.493 e. The standard InChI is InChI=1S/C23H29N5O3S2/c1-15-12-21(24)27-23(25-15)32-14-18-16(2)33-22(26-18)17-4-5-19(29-3)20(13-17)31-11-8-28-6-9-30-10-7-28/h4-5,12-13H,6-11,14H2,1-3H3,(H2,24,25,27). The highest BCUT2D eigenvalue weighted by Crippen LogP contribution is 2.36. The van der Waals surface area contributed by atoms with E-state index in [4.69, 9.17) is 24.9 Å². The topological polar surface area (TPSA) is 95.6 Å². The first kappa shape index (κ1) is 23.7. The molecule has 33 heavy (non-hydrogen) atoms. The lowest BCUT2D eigenvalue weighted by Gasteiger charge is -2.26. The van der Waals surface area contributed by atoms with Crippen LogP contribution in [0.15, 0.2) is 29.4 Å². The molecular formula is C23H29N5O3S2. The Bertz CT molecular complexity index is 1070. The molecule has 1 saturated heterocycles. The van der Waals surface area contributed by atoms with Crippen molar-refractivity contribution in [1.29, 1.82) is 0 Å². The van der Waals surface area contributed by atoms with Crippen molar-refractivity contribution in [2.24, 2.45) is 0 Å². The Labute approximate surface area is 202 Å². The van der Waals surface area contributed by atoms with Crippen molar-refractivity contribution in [2.75, 3.05) is 52.3 Å². The zero-order chi connectivity index (χ0) is 23.2. The van der Waals surface area contributed by atoms with Gasteiger partial charge in [0.1, 0.15) is 17.4 Å². The number of methoxy groups -OCH3 is 1. The second-order valence-electron chi connectivity index (χ2n) is 7.70. The van der Waals surface area contributed by atoms with Gasteiger partial charge in [0.15, 0.2) is 16.7 Å². The highest BCUT2D eigenvalue weighted by atomic mass is 32.2. The summed E-state index contributed by atoms with van der Waals surface area (Å²) in [6.45, 7) is 8.92. The highest BCUT2D eigenvalue weighted by Gasteiger charge is 2.15. The van der Waals surface area contributed by atoms with Gasteiger partial charge in [-0.2, -0.15) is 0 Å². The van der Waals surface area contributed by atoms with Crippen molar-refractivity contribution in [3.05, 3.63) is 40.5 Å². The number of aromatic nitrogens is 3. The average molecular weight is 488 g/mol. The van der Waals surface area contributed by atoms with E-state index in [1.54, 1.807) is 36.3 Å². The second-order valence-corrected chi connectivity index (χ2v) is 9.84. The van der Waals surface area contributed by atoms with E-state index >= 15 is 0 Å². The summed E-state index contributed by atoms with van der Waals surface area (Å²) in [6.07, 6.45) is 0. The quantitative estimate of drug-likeness (QED) is 0.357. The third-order valence-electron chi connectivity index (χ3n) is 5.26. The monoisotopic (exact) mass is 487 g/mol. The highest BCUT2D eigenvalue weighted by molar-refractivity contribution is 7.98. The fraction of sp³-hybridized carbons (Fsp3) is 0.435. The van der Waals surface area contributed by atoms with E-state index in [0.717, 1.165) is 66.3 Å². The number of hydrogen-bond donors (Lipinski definition) is 1. The zero-order valence-electron chi connectivity index (χ0n) is 19.2. The first-order valence-corrected chi connectivity index (χ1v) is 12.6. The number of thioether (sulfide) groups is 1. The normalized spacial score (nSPS) is 14.4. The minimum absolute atomic E-state index is 0.486. The molecule has 2 aromatic heterocycles. The van der Waals surface area contributed by atoms with E-state index in [1.165, 1.54) is 4.88 Å². The molecule has 1 aliphatic heterocycles.